The maximum atomic E-state index is 12.9. The molecule has 11 heteroatoms. The molecule has 1 atom stereocenters. The molecule has 0 saturated carbocycles. The van der Waals surface area contributed by atoms with E-state index >= 15 is 0 Å². The Morgan fingerprint density at radius 1 is 1.18 bits per heavy atom. The zero-order chi connectivity index (χ0) is 24.2. The van der Waals surface area contributed by atoms with Gasteiger partial charge in [0, 0.05) is 19.0 Å². The minimum Gasteiger partial charge on any atom is -0.469 e. The van der Waals surface area contributed by atoms with E-state index in [4.69, 9.17) is 8.94 Å². The van der Waals surface area contributed by atoms with E-state index in [0.29, 0.717) is 18.5 Å². The molecule has 0 radical (unpaired) electrons. The highest BCUT2D eigenvalue weighted by Crippen LogP contribution is 2.12. The number of nitrogens with one attached hydrogen (secondary N) is 1. The molecule has 0 aliphatic rings. The predicted octanol–water partition coefficient (Wildman–Crippen LogP) is 2.12. The number of rotatable bonds is 8. The Hall–Kier alpha value is -4.28. The van der Waals surface area contributed by atoms with Crippen LogP contribution < -0.4 is 16.6 Å². The minimum atomic E-state index is -0.671. The number of hydrogen-bond donors (Lipinski definition) is 1. The molecule has 1 N–H and O–H groups in total. The van der Waals surface area contributed by atoms with Gasteiger partial charge in [-0.05, 0) is 51.5 Å². The maximum Gasteiger partial charge on any atom is 0.352 e. The van der Waals surface area contributed by atoms with Gasteiger partial charge in [0.05, 0.1) is 12.0 Å². The molecule has 34 heavy (non-hydrogen) atoms. The second-order valence-corrected chi connectivity index (χ2v) is 7.84. The lowest BCUT2D eigenvalue weighted by molar-refractivity contribution is 0.0893. The van der Waals surface area contributed by atoms with Crippen molar-refractivity contribution in [1.29, 1.82) is 0 Å². The van der Waals surface area contributed by atoms with E-state index in [0.717, 1.165) is 20.6 Å². The van der Waals surface area contributed by atoms with Crippen LogP contribution in [0.15, 0.2) is 61.2 Å². The molecular formula is C23H24N6O5. The highest BCUT2D eigenvalue weighted by molar-refractivity contribution is 5.90. The largest absolute Gasteiger partial charge is 0.469 e. The second-order valence-electron chi connectivity index (χ2n) is 7.84. The van der Waals surface area contributed by atoms with Crippen LogP contribution in [0.4, 0.5) is 0 Å². The summed E-state index contributed by atoms with van der Waals surface area (Å²) in [6.45, 7) is 5.56. The standard InChI is InChI=1S/C23H24N6O5/c1-4-28-22(31)18(26-29(23(28)32)16-10-7-14(2)8-11-16)19-25-21(34-27-19)20(30)24-15(3)9-12-17-6-5-13-33-17/h5-8,10-11,13,15H,4,9,12H2,1-3H3,(H,24,30)/t15-/m0/s1. The van der Waals surface area contributed by atoms with Crippen molar-refractivity contribution in [1.82, 2.24) is 29.8 Å². The van der Waals surface area contributed by atoms with E-state index < -0.39 is 17.2 Å². The Bertz CT molecular complexity index is 1400. The molecule has 176 valence electrons. The fourth-order valence-corrected chi connectivity index (χ4v) is 3.37. The molecule has 0 unspecified atom stereocenters. The van der Waals surface area contributed by atoms with Crippen LogP contribution in [0.1, 0.15) is 42.3 Å². The number of furan rings is 1. The molecule has 0 fully saturated rings. The van der Waals surface area contributed by atoms with Gasteiger partial charge in [-0.1, -0.05) is 22.9 Å². The summed E-state index contributed by atoms with van der Waals surface area (Å²) in [6.07, 6.45) is 2.90. The van der Waals surface area contributed by atoms with E-state index in [2.05, 4.69) is 20.6 Å². The number of benzene rings is 1. The van der Waals surface area contributed by atoms with Crippen molar-refractivity contribution in [3.8, 4) is 17.2 Å². The van der Waals surface area contributed by atoms with Crippen molar-refractivity contribution >= 4 is 5.91 Å². The van der Waals surface area contributed by atoms with Crippen LogP contribution in [-0.2, 0) is 13.0 Å². The lowest BCUT2D eigenvalue weighted by atomic mass is 10.1. The Morgan fingerprint density at radius 2 is 1.94 bits per heavy atom. The average molecular weight is 464 g/mol. The van der Waals surface area contributed by atoms with Crippen molar-refractivity contribution in [2.75, 3.05) is 0 Å². The topological polar surface area (TPSA) is 138 Å². The van der Waals surface area contributed by atoms with E-state index in [1.165, 1.54) is 0 Å². The number of aromatic nitrogens is 5. The molecular weight excluding hydrogens is 440 g/mol. The molecule has 3 heterocycles. The summed E-state index contributed by atoms with van der Waals surface area (Å²) in [4.78, 5) is 42.3. The fourth-order valence-electron chi connectivity index (χ4n) is 3.37. The third-order valence-electron chi connectivity index (χ3n) is 5.27. The molecule has 4 rings (SSSR count). The molecule has 0 bridgehead atoms. The lowest BCUT2D eigenvalue weighted by Crippen LogP contribution is -2.41. The smallest absolute Gasteiger partial charge is 0.352 e. The number of nitrogens with zero attached hydrogens (tertiary/aromatic N) is 5. The van der Waals surface area contributed by atoms with Crippen LogP contribution in [0.25, 0.3) is 17.2 Å². The van der Waals surface area contributed by atoms with Crippen LogP contribution in [0.5, 0.6) is 0 Å². The number of carbonyl (C=O) groups excluding carboxylic acids is 1. The third kappa shape index (κ3) is 4.72. The Labute approximate surface area is 194 Å². The van der Waals surface area contributed by atoms with Crippen LogP contribution in [-0.4, -0.2) is 36.4 Å². The molecule has 0 aliphatic carbocycles. The second kappa shape index (κ2) is 9.69. The van der Waals surface area contributed by atoms with Crippen molar-refractivity contribution in [3.63, 3.8) is 0 Å². The van der Waals surface area contributed by atoms with E-state index in [1.807, 2.05) is 32.0 Å². The molecule has 1 amide bonds. The first-order chi connectivity index (χ1) is 16.4. The molecule has 4 aromatic rings. The average Bonchev–Trinajstić information content (AvgIpc) is 3.52. The summed E-state index contributed by atoms with van der Waals surface area (Å²) >= 11 is 0. The van der Waals surface area contributed by atoms with Crippen LogP contribution in [0.2, 0.25) is 0 Å². The SMILES string of the molecule is CCn1c(=O)c(-c2noc(C(=O)N[C@@H](C)CCc3ccco3)n2)nn(-c2ccc(C)cc2)c1=O. The van der Waals surface area contributed by atoms with E-state index in [1.54, 1.807) is 31.4 Å². The lowest BCUT2D eigenvalue weighted by Gasteiger charge is -2.11. The minimum absolute atomic E-state index is 0.122. The number of carbonyl (C=O) groups is 1. The summed E-state index contributed by atoms with van der Waals surface area (Å²) in [7, 11) is 0. The number of amides is 1. The molecule has 0 saturated heterocycles. The van der Waals surface area contributed by atoms with Gasteiger partial charge >= 0.3 is 17.5 Å². The van der Waals surface area contributed by atoms with E-state index in [-0.39, 0.29) is 30.0 Å². The Balaban J connectivity index is 1.59. The highest BCUT2D eigenvalue weighted by Gasteiger charge is 2.23. The first kappa shape index (κ1) is 22.9. The van der Waals surface area contributed by atoms with Crippen LogP contribution >= 0.6 is 0 Å². The first-order valence-corrected chi connectivity index (χ1v) is 10.9. The van der Waals surface area contributed by atoms with Gasteiger partial charge < -0.3 is 14.3 Å². The summed E-state index contributed by atoms with van der Waals surface area (Å²) < 4.78 is 12.5. The number of aryl methyl sites for hydroxylation is 2. The zero-order valence-corrected chi connectivity index (χ0v) is 19.0. The van der Waals surface area contributed by atoms with E-state index in [9.17, 15) is 14.4 Å². The highest BCUT2D eigenvalue weighted by atomic mass is 16.5. The monoisotopic (exact) mass is 464 g/mol. The van der Waals surface area contributed by atoms with Gasteiger partial charge in [-0.15, -0.1) is 0 Å². The first-order valence-electron chi connectivity index (χ1n) is 10.9. The molecule has 0 spiro atoms. The van der Waals surface area contributed by atoms with Gasteiger partial charge in [-0.25, -0.2) is 4.79 Å². The quantitative estimate of drug-likeness (QED) is 0.418. The van der Waals surface area contributed by atoms with Crippen molar-refractivity contribution in [2.45, 2.75) is 46.2 Å². The van der Waals surface area contributed by atoms with Gasteiger partial charge in [0.15, 0.2) is 5.69 Å². The normalized spacial score (nSPS) is 12.0. The third-order valence-corrected chi connectivity index (χ3v) is 5.27. The van der Waals surface area contributed by atoms with Gasteiger partial charge in [0.2, 0.25) is 5.82 Å². The molecule has 3 aromatic heterocycles. The van der Waals surface area contributed by atoms with Gasteiger partial charge in [-0.2, -0.15) is 14.8 Å². The molecule has 1 aromatic carbocycles. The summed E-state index contributed by atoms with van der Waals surface area (Å²) in [5.74, 6) is -0.241. The Morgan fingerprint density at radius 3 is 2.62 bits per heavy atom. The van der Waals surface area contributed by atoms with Crippen LogP contribution in [0.3, 0.4) is 0 Å². The summed E-state index contributed by atoms with van der Waals surface area (Å²) in [6, 6.07) is 10.6. The molecule has 11 nitrogen and oxygen atoms in total. The van der Waals surface area contributed by atoms with Gasteiger partial charge in [0.1, 0.15) is 5.76 Å². The maximum absolute atomic E-state index is 12.9. The molecule has 0 aliphatic heterocycles. The fraction of sp³-hybridized carbons (Fsp3) is 0.304. The van der Waals surface area contributed by atoms with Gasteiger partial charge in [0.25, 0.3) is 5.56 Å². The number of hydrogen-bond acceptors (Lipinski definition) is 8. The summed E-state index contributed by atoms with van der Waals surface area (Å²) in [5, 5.41) is 10.7. The van der Waals surface area contributed by atoms with Gasteiger partial charge in [-0.3, -0.25) is 14.2 Å². The summed E-state index contributed by atoms with van der Waals surface area (Å²) in [5.41, 5.74) is 0.0250. The Kier molecular flexibility index (Phi) is 6.53. The van der Waals surface area contributed by atoms with Crippen molar-refractivity contribution in [3.05, 3.63) is 80.7 Å². The van der Waals surface area contributed by atoms with Crippen molar-refractivity contribution in [2.24, 2.45) is 0 Å². The van der Waals surface area contributed by atoms with Crippen molar-refractivity contribution < 1.29 is 13.7 Å². The van der Waals surface area contributed by atoms with Crippen LogP contribution in [0, 0.1) is 6.92 Å². The predicted molar refractivity (Wildman–Crippen MR) is 122 cm³/mol. The zero-order valence-electron chi connectivity index (χ0n) is 19.0.